The first-order valence-corrected chi connectivity index (χ1v) is 6.53. The summed E-state index contributed by atoms with van der Waals surface area (Å²) < 4.78 is 75.2. The molecule has 1 nitrogen and oxygen atoms in total. The van der Waals surface area contributed by atoms with Crippen molar-refractivity contribution in [3.8, 4) is 0 Å². The molecule has 122 valence electrons. The van der Waals surface area contributed by atoms with Crippen LogP contribution in [0.25, 0.3) is 12.2 Å². The van der Waals surface area contributed by atoms with Crippen LogP contribution in [-0.2, 0) is 12.4 Å². The molecule has 23 heavy (non-hydrogen) atoms. The zero-order valence-corrected chi connectivity index (χ0v) is 12.0. The second-order valence-electron chi connectivity index (χ2n) is 4.55. The predicted octanol–water partition coefficient (Wildman–Crippen LogP) is 5.94. The van der Waals surface area contributed by atoms with Crippen molar-refractivity contribution in [1.82, 2.24) is 4.98 Å². The first kappa shape index (κ1) is 17.3. The summed E-state index contributed by atoms with van der Waals surface area (Å²) in [6.07, 6.45) is -5.90. The number of hydrogen-bond acceptors (Lipinski definition) is 1. The minimum absolute atomic E-state index is 0.0251. The molecular weight excluding hydrogens is 344 g/mol. The Balaban J connectivity index is 2.27. The third kappa shape index (κ3) is 4.48. The number of benzene rings is 1. The van der Waals surface area contributed by atoms with Crippen molar-refractivity contribution in [3.05, 3.63) is 63.9 Å². The van der Waals surface area contributed by atoms with Gasteiger partial charge in [-0.2, -0.15) is 26.3 Å². The number of nitrogens with zero attached hydrogens (tertiary/aromatic N) is 1. The van der Waals surface area contributed by atoms with Crippen molar-refractivity contribution < 1.29 is 26.3 Å². The molecule has 1 aromatic carbocycles. The summed E-state index contributed by atoms with van der Waals surface area (Å²) in [5.41, 5.74) is -1.58. The standard InChI is InChI=1S/C15H8ClF6N/c16-12-7-11(15(20,21)22)8-23-13(12)5-4-9-2-1-3-10(6-9)14(17,18)19/h1-8H/b5-4+. The minimum Gasteiger partial charge on any atom is -0.255 e. The highest BCUT2D eigenvalue weighted by molar-refractivity contribution is 6.32. The van der Waals surface area contributed by atoms with Gasteiger partial charge in [0.15, 0.2) is 0 Å². The average Bonchev–Trinajstić information content (AvgIpc) is 2.44. The Morgan fingerprint density at radius 1 is 0.870 bits per heavy atom. The first-order valence-electron chi connectivity index (χ1n) is 6.15. The molecule has 0 saturated heterocycles. The van der Waals surface area contributed by atoms with E-state index in [1.165, 1.54) is 24.3 Å². The quantitative estimate of drug-likeness (QED) is 0.610. The number of rotatable bonds is 2. The second-order valence-corrected chi connectivity index (χ2v) is 4.95. The molecule has 8 heteroatoms. The van der Waals surface area contributed by atoms with Gasteiger partial charge in [0.25, 0.3) is 0 Å². The molecule has 1 heterocycles. The normalized spacial score (nSPS) is 12.8. The number of alkyl halides is 6. The van der Waals surface area contributed by atoms with E-state index in [4.69, 9.17) is 11.6 Å². The molecule has 0 amide bonds. The van der Waals surface area contributed by atoms with Crippen LogP contribution in [0, 0.1) is 0 Å². The van der Waals surface area contributed by atoms with E-state index in [-0.39, 0.29) is 16.3 Å². The molecule has 1 aromatic heterocycles. The molecule has 2 rings (SSSR count). The highest BCUT2D eigenvalue weighted by Gasteiger charge is 2.31. The molecule has 0 aliphatic rings. The maximum Gasteiger partial charge on any atom is 0.417 e. The van der Waals surface area contributed by atoms with E-state index < -0.39 is 23.5 Å². The van der Waals surface area contributed by atoms with Crippen LogP contribution in [0.15, 0.2) is 36.5 Å². The zero-order valence-electron chi connectivity index (χ0n) is 11.2. The second kappa shape index (κ2) is 6.23. The Labute approximate surface area is 132 Å². The summed E-state index contributed by atoms with van der Waals surface area (Å²) in [6, 6.07) is 5.18. The maximum atomic E-state index is 12.6. The van der Waals surface area contributed by atoms with Gasteiger partial charge in [0.1, 0.15) is 0 Å². The average molecular weight is 352 g/mol. The lowest BCUT2D eigenvalue weighted by Gasteiger charge is -2.08. The number of halogens is 7. The van der Waals surface area contributed by atoms with Gasteiger partial charge in [0.2, 0.25) is 0 Å². The van der Waals surface area contributed by atoms with E-state index in [2.05, 4.69) is 4.98 Å². The van der Waals surface area contributed by atoms with E-state index >= 15 is 0 Å². The highest BCUT2D eigenvalue weighted by atomic mass is 35.5. The van der Waals surface area contributed by atoms with Crippen molar-refractivity contribution in [3.63, 3.8) is 0 Å². The fraction of sp³-hybridized carbons (Fsp3) is 0.133. The number of hydrogen-bond donors (Lipinski definition) is 0. The van der Waals surface area contributed by atoms with Gasteiger partial charge in [0, 0.05) is 6.20 Å². The van der Waals surface area contributed by atoms with E-state index in [1.807, 2.05) is 0 Å². The molecule has 0 aliphatic heterocycles. The molecule has 0 fully saturated rings. The lowest BCUT2D eigenvalue weighted by molar-refractivity contribution is -0.138. The summed E-state index contributed by atoms with van der Waals surface area (Å²) >= 11 is 5.71. The monoisotopic (exact) mass is 351 g/mol. The Morgan fingerprint density at radius 2 is 1.52 bits per heavy atom. The molecule has 0 N–H and O–H groups in total. The third-order valence-electron chi connectivity index (χ3n) is 2.84. The van der Waals surface area contributed by atoms with Crippen molar-refractivity contribution in [1.29, 1.82) is 0 Å². The fourth-order valence-electron chi connectivity index (χ4n) is 1.72. The summed E-state index contributed by atoms with van der Waals surface area (Å²) in [6.45, 7) is 0. The smallest absolute Gasteiger partial charge is 0.255 e. The van der Waals surface area contributed by atoms with Gasteiger partial charge in [-0.15, -0.1) is 0 Å². The lowest BCUT2D eigenvalue weighted by atomic mass is 10.1. The van der Waals surface area contributed by atoms with Crippen LogP contribution in [0.2, 0.25) is 5.02 Å². The summed E-state index contributed by atoms with van der Waals surface area (Å²) in [4.78, 5) is 3.57. The van der Waals surface area contributed by atoms with Crippen LogP contribution in [0.4, 0.5) is 26.3 Å². The molecule has 2 aromatic rings. The largest absolute Gasteiger partial charge is 0.417 e. The van der Waals surface area contributed by atoms with Crippen LogP contribution >= 0.6 is 11.6 Å². The molecular formula is C15H8ClF6N. The SMILES string of the molecule is FC(F)(F)c1cccc(/C=C/c2ncc(C(F)(F)F)cc2Cl)c1. The Bertz CT molecular complexity index is 733. The van der Waals surface area contributed by atoms with Crippen molar-refractivity contribution in [2.75, 3.05) is 0 Å². The summed E-state index contributed by atoms with van der Waals surface area (Å²) in [5.74, 6) is 0. The van der Waals surface area contributed by atoms with Crippen LogP contribution in [-0.4, -0.2) is 4.98 Å². The van der Waals surface area contributed by atoms with Gasteiger partial charge in [-0.05, 0) is 29.8 Å². The first-order chi connectivity index (χ1) is 10.6. The topological polar surface area (TPSA) is 12.9 Å². The highest BCUT2D eigenvalue weighted by Crippen LogP contribution is 2.32. The summed E-state index contributed by atoms with van der Waals surface area (Å²) in [7, 11) is 0. The van der Waals surface area contributed by atoms with Crippen LogP contribution in [0.5, 0.6) is 0 Å². The fourth-order valence-corrected chi connectivity index (χ4v) is 1.95. The maximum absolute atomic E-state index is 12.6. The van der Waals surface area contributed by atoms with E-state index in [9.17, 15) is 26.3 Å². The van der Waals surface area contributed by atoms with Crippen molar-refractivity contribution >= 4 is 23.8 Å². The molecule has 0 radical (unpaired) electrons. The Hall–Kier alpha value is -2.02. The number of pyridine rings is 1. The molecule has 0 unspecified atom stereocenters. The van der Waals surface area contributed by atoms with Gasteiger partial charge in [-0.25, -0.2) is 0 Å². The zero-order chi connectivity index (χ0) is 17.3. The van der Waals surface area contributed by atoms with Crippen LogP contribution in [0.1, 0.15) is 22.4 Å². The summed E-state index contributed by atoms with van der Waals surface area (Å²) in [5, 5.41) is -0.247. The predicted molar refractivity (Wildman–Crippen MR) is 74.6 cm³/mol. The molecule has 0 bridgehead atoms. The minimum atomic E-state index is -4.57. The third-order valence-corrected chi connectivity index (χ3v) is 3.15. The molecule has 0 saturated carbocycles. The van der Waals surface area contributed by atoms with Gasteiger partial charge in [-0.3, -0.25) is 4.98 Å². The van der Waals surface area contributed by atoms with Gasteiger partial charge in [-0.1, -0.05) is 29.8 Å². The Morgan fingerprint density at radius 3 is 2.09 bits per heavy atom. The number of aromatic nitrogens is 1. The van der Waals surface area contributed by atoms with Gasteiger partial charge < -0.3 is 0 Å². The van der Waals surface area contributed by atoms with E-state index in [0.717, 1.165) is 12.1 Å². The van der Waals surface area contributed by atoms with Crippen LogP contribution < -0.4 is 0 Å². The van der Waals surface area contributed by atoms with Crippen molar-refractivity contribution in [2.45, 2.75) is 12.4 Å². The van der Waals surface area contributed by atoms with Crippen molar-refractivity contribution in [2.24, 2.45) is 0 Å². The molecule has 0 spiro atoms. The van der Waals surface area contributed by atoms with E-state index in [1.54, 1.807) is 0 Å². The van der Waals surface area contributed by atoms with Gasteiger partial charge in [0.05, 0.1) is 21.8 Å². The van der Waals surface area contributed by atoms with E-state index in [0.29, 0.717) is 12.3 Å². The Kier molecular flexibility index (Phi) is 4.70. The molecule has 0 atom stereocenters. The lowest BCUT2D eigenvalue weighted by Crippen LogP contribution is -2.05. The molecule has 0 aliphatic carbocycles. The van der Waals surface area contributed by atoms with Gasteiger partial charge >= 0.3 is 12.4 Å². The van der Waals surface area contributed by atoms with Crippen LogP contribution in [0.3, 0.4) is 0 Å².